The largest absolute Gasteiger partial charge is 0.379 e. The van der Waals surface area contributed by atoms with Crippen molar-refractivity contribution in [3.63, 3.8) is 0 Å². The second-order valence-electron chi connectivity index (χ2n) is 5.22. The molecule has 0 bridgehead atoms. The molecule has 1 saturated heterocycles. The molecule has 106 valence electrons. The van der Waals surface area contributed by atoms with E-state index in [0.717, 1.165) is 31.8 Å². The van der Waals surface area contributed by atoms with Gasteiger partial charge < -0.3 is 4.74 Å². The van der Waals surface area contributed by atoms with Gasteiger partial charge in [-0.15, -0.1) is 0 Å². The van der Waals surface area contributed by atoms with Crippen molar-refractivity contribution in [1.29, 1.82) is 0 Å². The molecule has 5 nitrogen and oxygen atoms in total. The summed E-state index contributed by atoms with van der Waals surface area (Å²) in [7, 11) is 0. The summed E-state index contributed by atoms with van der Waals surface area (Å²) in [6.07, 6.45) is 1.65. The smallest absolute Gasteiger partial charge is 0.261 e. The van der Waals surface area contributed by atoms with Crippen LogP contribution in [0.3, 0.4) is 0 Å². The Morgan fingerprint density at radius 3 is 3.05 bits per heavy atom. The Bertz CT molecular complexity index is 653. The van der Waals surface area contributed by atoms with Gasteiger partial charge in [0.1, 0.15) is 0 Å². The third kappa shape index (κ3) is 2.59. The van der Waals surface area contributed by atoms with Crippen molar-refractivity contribution in [3.8, 4) is 0 Å². The normalized spacial score (nSPS) is 20.4. The van der Waals surface area contributed by atoms with Gasteiger partial charge in [0, 0.05) is 25.7 Å². The molecule has 1 aliphatic heterocycles. The van der Waals surface area contributed by atoms with Gasteiger partial charge in [-0.05, 0) is 19.1 Å². The van der Waals surface area contributed by atoms with Crippen molar-refractivity contribution < 1.29 is 4.74 Å². The van der Waals surface area contributed by atoms with Gasteiger partial charge in [-0.1, -0.05) is 12.1 Å². The third-order valence-corrected chi connectivity index (χ3v) is 3.86. The molecule has 1 aliphatic rings. The Balaban J connectivity index is 1.77. The summed E-state index contributed by atoms with van der Waals surface area (Å²) in [5.41, 5.74) is 0.796. The predicted octanol–water partition coefficient (Wildman–Crippen LogP) is 1.12. The van der Waals surface area contributed by atoms with Crippen LogP contribution in [0.1, 0.15) is 6.92 Å². The molecule has 2 heterocycles. The zero-order valence-corrected chi connectivity index (χ0v) is 11.7. The first-order valence-corrected chi connectivity index (χ1v) is 7.01. The van der Waals surface area contributed by atoms with Gasteiger partial charge in [0.2, 0.25) is 0 Å². The molecule has 1 fully saturated rings. The van der Waals surface area contributed by atoms with Gasteiger partial charge in [0.15, 0.2) is 0 Å². The van der Waals surface area contributed by atoms with Gasteiger partial charge in [-0.2, -0.15) is 0 Å². The van der Waals surface area contributed by atoms with Gasteiger partial charge in [-0.25, -0.2) is 4.98 Å². The summed E-state index contributed by atoms with van der Waals surface area (Å²) in [4.78, 5) is 19.1. The predicted molar refractivity (Wildman–Crippen MR) is 77.9 cm³/mol. The average Bonchev–Trinajstić information content (AvgIpc) is 2.48. The monoisotopic (exact) mass is 273 g/mol. The molecule has 0 amide bonds. The van der Waals surface area contributed by atoms with E-state index in [1.54, 1.807) is 10.9 Å². The van der Waals surface area contributed by atoms with Crippen molar-refractivity contribution in [2.24, 2.45) is 0 Å². The first-order valence-electron chi connectivity index (χ1n) is 7.01. The van der Waals surface area contributed by atoms with E-state index < -0.39 is 0 Å². The van der Waals surface area contributed by atoms with Gasteiger partial charge in [0.05, 0.1) is 30.4 Å². The van der Waals surface area contributed by atoms with E-state index in [1.807, 2.05) is 24.3 Å². The number of ether oxygens (including phenoxy) is 1. The highest BCUT2D eigenvalue weighted by molar-refractivity contribution is 5.76. The lowest BCUT2D eigenvalue weighted by Gasteiger charge is -2.33. The number of nitrogens with zero attached hydrogens (tertiary/aromatic N) is 3. The zero-order valence-electron chi connectivity index (χ0n) is 11.7. The molecule has 5 heteroatoms. The number of morpholine rings is 1. The van der Waals surface area contributed by atoms with E-state index in [1.165, 1.54) is 0 Å². The summed E-state index contributed by atoms with van der Waals surface area (Å²) in [6, 6.07) is 7.88. The van der Waals surface area contributed by atoms with E-state index in [0.29, 0.717) is 18.0 Å². The van der Waals surface area contributed by atoms with Crippen molar-refractivity contribution in [3.05, 3.63) is 40.9 Å². The van der Waals surface area contributed by atoms with E-state index in [2.05, 4.69) is 16.8 Å². The lowest BCUT2D eigenvalue weighted by atomic mass is 10.2. The highest BCUT2D eigenvalue weighted by Crippen LogP contribution is 2.07. The summed E-state index contributed by atoms with van der Waals surface area (Å²) in [5.74, 6) is 0. The fraction of sp³-hybridized carbons (Fsp3) is 0.467. The SMILES string of the molecule is C[C@@H]1COCCN1CCn1cnc2ccccc2c1=O. The second kappa shape index (κ2) is 5.73. The summed E-state index contributed by atoms with van der Waals surface area (Å²) >= 11 is 0. The van der Waals surface area contributed by atoms with Gasteiger partial charge in [-0.3, -0.25) is 14.3 Å². The molecule has 0 unspecified atom stereocenters. The highest BCUT2D eigenvalue weighted by Gasteiger charge is 2.18. The number of para-hydroxylation sites is 1. The standard InChI is InChI=1S/C15H19N3O2/c1-12-10-20-9-8-17(12)6-7-18-11-16-14-5-3-2-4-13(14)15(18)19/h2-5,11-12H,6-10H2,1H3/t12-/m1/s1. The number of fused-ring (bicyclic) bond motifs is 1. The van der Waals surface area contributed by atoms with Crippen molar-refractivity contribution >= 4 is 10.9 Å². The van der Waals surface area contributed by atoms with Crippen LogP contribution < -0.4 is 5.56 Å². The van der Waals surface area contributed by atoms with Crippen LogP contribution in [0.5, 0.6) is 0 Å². The third-order valence-electron chi connectivity index (χ3n) is 3.86. The maximum atomic E-state index is 12.4. The van der Waals surface area contributed by atoms with Crippen LogP contribution in [0.4, 0.5) is 0 Å². The second-order valence-corrected chi connectivity index (χ2v) is 5.22. The van der Waals surface area contributed by atoms with Crippen molar-refractivity contribution in [2.45, 2.75) is 19.5 Å². The lowest BCUT2D eigenvalue weighted by Crippen LogP contribution is -2.45. The van der Waals surface area contributed by atoms with Crippen molar-refractivity contribution in [2.75, 3.05) is 26.3 Å². The quantitative estimate of drug-likeness (QED) is 0.840. The molecule has 1 aromatic carbocycles. The minimum atomic E-state index is 0.0384. The molecule has 0 spiro atoms. The van der Waals surface area contributed by atoms with Crippen LogP contribution in [-0.4, -0.2) is 46.8 Å². The average molecular weight is 273 g/mol. The number of hydrogen-bond donors (Lipinski definition) is 0. The minimum Gasteiger partial charge on any atom is -0.379 e. The Morgan fingerprint density at radius 1 is 1.35 bits per heavy atom. The zero-order chi connectivity index (χ0) is 13.9. The molecule has 1 atom stereocenters. The number of hydrogen-bond acceptors (Lipinski definition) is 4. The Hall–Kier alpha value is -1.72. The molecule has 2 aromatic rings. The number of aromatic nitrogens is 2. The van der Waals surface area contributed by atoms with Crippen LogP contribution >= 0.6 is 0 Å². The molecule has 1 aromatic heterocycles. The molecule has 0 saturated carbocycles. The molecule has 20 heavy (non-hydrogen) atoms. The van der Waals surface area contributed by atoms with Crippen LogP contribution in [0.2, 0.25) is 0 Å². The van der Waals surface area contributed by atoms with Crippen LogP contribution in [0, 0.1) is 0 Å². The molecule has 0 aliphatic carbocycles. The summed E-state index contributed by atoms with van der Waals surface area (Å²) in [6.45, 7) is 6.14. The summed E-state index contributed by atoms with van der Waals surface area (Å²) < 4.78 is 7.12. The molecule has 0 N–H and O–H groups in total. The fourth-order valence-corrected chi connectivity index (χ4v) is 2.60. The Morgan fingerprint density at radius 2 is 2.20 bits per heavy atom. The topological polar surface area (TPSA) is 47.4 Å². The van der Waals surface area contributed by atoms with E-state index in [9.17, 15) is 4.79 Å². The Kier molecular flexibility index (Phi) is 3.80. The maximum Gasteiger partial charge on any atom is 0.261 e. The van der Waals surface area contributed by atoms with Crippen LogP contribution in [0.15, 0.2) is 35.4 Å². The van der Waals surface area contributed by atoms with Crippen LogP contribution in [0.25, 0.3) is 10.9 Å². The first kappa shape index (κ1) is 13.3. The van der Waals surface area contributed by atoms with Gasteiger partial charge in [0.25, 0.3) is 5.56 Å². The van der Waals surface area contributed by atoms with Crippen molar-refractivity contribution in [1.82, 2.24) is 14.5 Å². The summed E-state index contributed by atoms with van der Waals surface area (Å²) in [5, 5.41) is 0.685. The van der Waals surface area contributed by atoms with Gasteiger partial charge >= 0.3 is 0 Å². The number of benzene rings is 1. The molecular weight excluding hydrogens is 254 g/mol. The van der Waals surface area contributed by atoms with Crippen LogP contribution in [-0.2, 0) is 11.3 Å². The molecule has 0 radical (unpaired) electrons. The number of rotatable bonds is 3. The minimum absolute atomic E-state index is 0.0384. The fourth-order valence-electron chi connectivity index (χ4n) is 2.60. The van der Waals surface area contributed by atoms with E-state index in [4.69, 9.17) is 4.74 Å². The highest BCUT2D eigenvalue weighted by atomic mass is 16.5. The maximum absolute atomic E-state index is 12.4. The molecular formula is C15H19N3O2. The Labute approximate surface area is 117 Å². The lowest BCUT2D eigenvalue weighted by molar-refractivity contribution is -0.00176. The molecule has 3 rings (SSSR count). The van der Waals surface area contributed by atoms with E-state index in [-0.39, 0.29) is 5.56 Å². The first-order chi connectivity index (χ1) is 9.75. The van der Waals surface area contributed by atoms with E-state index >= 15 is 0 Å².